The van der Waals surface area contributed by atoms with Crippen LogP contribution in [0.15, 0.2) is 66.7 Å². The summed E-state index contributed by atoms with van der Waals surface area (Å²) in [5.41, 5.74) is 1.42. The molecule has 3 aromatic rings. The van der Waals surface area contributed by atoms with Crippen LogP contribution in [0.4, 0.5) is 11.4 Å². The lowest BCUT2D eigenvalue weighted by Crippen LogP contribution is -2.43. The maximum Gasteiger partial charge on any atom is 0.241 e. The Bertz CT molecular complexity index is 983. The number of anilines is 2. The number of nitrogens with zero attached hydrogens (tertiary/aromatic N) is 1. The zero-order valence-corrected chi connectivity index (χ0v) is 16.5. The maximum atomic E-state index is 12.7. The van der Waals surface area contributed by atoms with Crippen molar-refractivity contribution in [1.82, 2.24) is 4.90 Å². The normalized spacial score (nSPS) is 12.0. The van der Waals surface area contributed by atoms with Gasteiger partial charge in [0.05, 0.1) is 12.6 Å². The molecule has 0 fully saturated rings. The van der Waals surface area contributed by atoms with Gasteiger partial charge in [-0.1, -0.05) is 48.0 Å². The van der Waals surface area contributed by atoms with E-state index in [-0.39, 0.29) is 18.4 Å². The fraction of sp³-hybridized carbons (Fsp3) is 0.182. The molecule has 0 radical (unpaired) electrons. The van der Waals surface area contributed by atoms with Gasteiger partial charge in [0.1, 0.15) is 0 Å². The first-order chi connectivity index (χ1) is 13.4. The predicted molar refractivity (Wildman–Crippen MR) is 115 cm³/mol. The van der Waals surface area contributed by atoms with Gasteiger partial charge in [-0.2, -0.15) is 0 Å². The summed E-state index contributed by atoms with van der Waals surface area (Å²) in [7, 11) is 1.74. The van der Waals surface area contributed by atoms with E-state index in [4.69, 9.17) is 11.6 Å². The first-order valence-corrected chi connectivity index (χ1v) is 9.36. The molecule has 3 rings (SSSR count). The van der Waals surface area contributed by atoms with Crippen molar-refractivity contribution in [3.8, 4) is 0 Å². The van der Waals surface area contributed by atoms with Gasteiger partial charge in [0.25, 0.3) is 0 Å². The van der Waals surface area contributed by atoms with Crippen LogP contribution in [0, 0.1) is 0 Å². The number of hydrogen-bond acceptors (Lipinski definition) is 3. The van der Waals surface area contributed by atoms with Crippen molar-refractivity contribution in [2.45, 2.75) is 13.0 Å². The second-order valence-corrected chi connectivity index (χ2v) is 7.10. The molecule has 0 aliphatic rings. The van der Waals surface area contributed by atoms with E-state index in [9.17, 15) is 9.59 Å². The Morgan fingerprint density at radius 1 is 0.964 bits per heavy atom. The average molecular weight is 396 g/mol. The number of amides is 2. The molecule has 144 valence electrons. The van der Waals surface area contributed by atoms with Crippen molar-refractivity contribution in [3.05, 3.63) is 71.8 Å². The van der Waals surface area contributed by atoms with Gasteiger partial charge in [0, 0.05) is 21.8 Å². The summed E-state index contributed by atoms with van der Waals surface area (Å²) in [6, 6.07) is 20.1. The predicted octanol–water partition coefficient (Wildman–Crippen LogP) is 4.39. The summed E-state index contributed by atoms with van der Waals surface area (Å²) in [4.78, 5) is 26.6. The van der Waals surface area contributed by atoms with Gasteiger partial charge in [0.15, 0.2) is 0 Å². The summed E-state index contributed by atoms with van der Waals surface area (Å²) < 4.78 is 0. The van der Waals surface area contributed by atoms with Crippen LogP contribution in [-0.4, -0.2) is 36.3 Å². The number of carbonyl (C=O) groups excluding carboxylic acids is 2. The molecule has 2 amide bonds. The number of rotatable bonds is 6. The molecule has 5 nitrogen and oxygen atoms in total. The molecule has 0 unspecified atom stereocenters. The summed E-state index contributed by atoms with van der Waals surface area (Å²) in [5.74, 6) is -0.368. The van der Waals surface area contributed by atoms with E-state index in [1.807, 2.05) is 42.5 Å². The minimum absolute atomic E-state index is 0.0900. The van der Waals surface area contributed by atoms with E-state index in [1.165, 1.54) is 0 Å². The quantitative estimate of drug-likeness (QED) is 0.650. The van der Waals surface area contributed by atoms with Gasteiger partial charge in [-0.25, -0.2) is 0 Å². The number of nitrogens with one attached hydrogen (secondary N) is 2. The van der Waals surface area contributed by atoms with Crippen molar-refractivity contribution in [2.75, 3.05) is 24.2 Å². The first-order valence-electron chi connectivity index (χ1n) is 8.98. The Balaban J connectivity index is 1.60. The number of halogens is 1. The second-order valence-electron chi connectivity index (χ2n) is 6.66. The molecule has 0 aliphatic carbocycles. The molecule has 0 bridgehead atoms. The summed E-state index contributed by atoms with van der Waals surface area (Å²) in [6.07, 6.45) is 0. The molecular weight excluding hydrogens is 374 g/mol. The topological polar surface area (TPSA) is 61.4 Å². The molecule has 6 heteroatoms. The Morgan fingerprint density at radius 2 is 1.64 bits per heavy atom. The minimum atomic E-state index is -0.477. The van der Waals surface area contributed by atoms with E-state index in [0.717, 1.165) is 16.5 Å². The van der Waals surface area contributed by atoms with Crippen LogP contribution in [0.5, 0.6) is 0 Å². The molecule has 0 aromatic heterocycles. The van der Waals surface area contributed by atoms with Crippen molar-refractivity contribution in [3.63, 3.8) is 0 Å². The monoisotopic (exact) mass is 395 g/mol. The molecule has 0 saturated heterocycles. The molecule has 0 heterocycles. The van der Waals surface area contributed by atoms with Crippen LogP contribution in [-0.2, 0) is 9.59 Å². The van der Waals surface area contributed by atoms with Crippen LogP contribution in [0.25, 0.3) is 10.8 Å². The minimum Gasteiger partial charge on any atom is -0.325 e. The smallest absolute Gasteiger partial charge is 0.241 e. The van der Waals surface area contributed by atoms with Gasteiger partial charge < -0.3 is 10.6 Å². The number of carbonyl (C=O) groups is 2. The van der Waals surface area contributed by atoms with Crippen molar-refractivity contribution < 1.29 is 9.59 Å². The summed E-state index contributed by atoms with van der Waals surface area (Å²) in [5, 5.41) is 8.41. The molecule has 0 spiro atoms. The highest BCUT2D eigenvalue weighted by atomic mass is 35.5. The van der Waals surface area contributed by atoms with E-state index >= 15 is 0 Å². The Labute approximate surface area is 169 Å². The van der Waals surface area contributed by atoms with Gasteiger partial charge >= 0.3 is 0 Å². The number of hydrogen-bond donors (Lipinski definition) is 2. The molecular formula is C22H22ClN3O2. The zero-order valence-electron chi connectivity index (χ0n) is 15.8. The maximum absolute atomic E-state index is 12.7. The Hall–Kier alpha value is -2.89. The molecule has 28 heavy (non-hydrogen) atoms. The number of likely N-dealkylation sites (N-methyl/N-ethyl adjacent to an activating group) is 1. The molecule has 0 aliphatic heterocycles. The first kappa shape index (κ1) is 19.9. The van der Waals surface area contributed by atoms with E-state index < -0.39 is 6.04 Å². The molecule has 0 saturated carbocycles. The van der Waals surface area contributed by atoms with Gasteiger partial charge in [-0.05, 0) is 49.7 Å². The summed E-state index contributed by atoms with van der Waals surface area (Å²) >= 11 is 5.85. The molecule has 3 aromatic carbocycles. The van der Waals surface area contributed by atoms with E-state index in [2.05, 4.69) is 10.6 Å². The number of benzene rings is 3. The highest BCUT2D eigenvalue weighted by molar-refractivity contribution is 6.30. The largest absolute Gasteiger partial charge is 0.325 e. The molecule has 1 atom stereocenters. The lowest BCUT2D eigenvalue weighted by Gasteiger charge is -2.23. The van der Waals surface area contributed by atoms with Gasteiger partial charge in [-0.15, -0.1) is 0 Å². The standard InChI is InChI=1S/C22H22ClN3O2/c1-15(26(2)14-21(27)24-18-12-10-17(23)11-13-18)22(28)25-20-9-5-7-16-6-3-4-8-19(16)20/h3-13,15H,14H2,1-2H3,(H,24,27)(H,25,28)/t15-/m1/s1. The Kier molecular flexibility index (Phi) is 6.29. The third-order valence-electron chi connectivity index (χ3n) is 4.61. The fourth-order valence-electron chi connectivity index (χ4n) is 2.87. The lowest BCUT2D eigenvalue weighted by atomic mass is 10.1. The SMILES string of the molecule is C[C@H](C(=O)Nc1cccc2ccccc12)N(C)CC(=O)Nc1ccc(Cl)cc1. The van der Waals surface area contributed by atoms with Crippen LogP contribution < -0.4 is 10.6 Å². The van der Waals surface area contributed by atoms with E-state index in [0.29, 0.717) is 10.7 Å². The lowest BCUT2D eigenvalue weighted by molar-refractivity contribution is -0.122. The zero-order chi connectivity index (χ0) is 20.1. The fourth-order valence-corrected chi connectivity index (χ4v) is 2.99. The third kappa shape index (κ3) is 4.88. The van der Waals surface area contributed by atoms with Crippen LogP contribution in [0.3, 0.4) is 0 Å². The average Bonchev–Trinajstić information content (AvgIpc) is 2.69. The van der Waals surface area contributed by atoms with Gasteiger partial charge in [-0.3, -0.25) is 14.5 Å². The second kappa shape index (κ2) is 8.87. The third-order valence-corrected chi connectivity index (χ3v) is 4.86. The molecule has 2 N–H and O–H groups in total. The van der Waals surface area contributed by atoms with Crippen LogP contribution >= 0.6 is 11.6 Å². The number of fused-ring (bicyclic) bond motifs is 1. The van der Waals surface area contributed by atoms with Crippen LogP contribution in [0.1, 0.15) is 6.92 Å². The van der Waals surface area contributed by atoms with E-state index in [1.54, 1.807) is 43.1 Å². The van der Waals surface area contributed by atoms with Gasteiger partial charge in [0.2, 0.25) is 11.8 Å². The van der Waals surface area contributed by atoms with Crippen molar-refractivity contribution in [2.24, 2.45) is 0 Å². The van der Waals surface area contributed by atoms with Crippen LogP contribution in [0.2, 0.25) is 5.02 Å². The van der Waals surface area contributed by atoms with Crippen molar-refractivity contribution >= 4 is 45.6 Å². The van der Waals surface area contributed by atoms with Crippen molar-refractivity contribution in [1.29, 1.82) is 0 Å². The Morgan fingerprint density at radius 3 is 2.39 bits per heavy atom. The summed E-state index contributed by atoms with van der Waals surface area (Å²) in [6.45, 7) is 1.86. The highest BCUT2D eigenvalue weighted by Gasteiger charge is 2.20. The highest BCUT2D eigenvalue weighted by Crippen LogP contribution is 2.23.